The standard InChI is InChI=1S/C12H18O4/c1-14-6-3-7-15-8-9-16-12-5-2-4-11(13)10-12/h2,4-5,10,13H,3,6-9H2,1H3. The van der Waals surface area contributed by atoms with Gasteiger partial charge in [0.1, 0.15) is 18.1 Å². The minimum atomic E-state index is 0.207. The zero-order valence-electron chi connectivity index (χ0n) is 9.52. The highest BCUT2D eigenvalue weighted by Crippen LogP contribution is 2.17. The van der Waals surface area contributed by atoms with Crippen LogP contribution in [-0.4, -0.2) is 38.6 Å². The lowest BCUT2D eigenvalue weighted by molar-refractivity contribution is 0.0806. The first kappa shape index (κ1) is 12.8. The van der Waals surface area contributed by atoms with Crippen LogP contribution in [0.1, 0.15) is 6.42 Å². The molecule has 16 heavy (non-hydrogen) atoms. The Kier molecular flexibility index (Phi) is 6.37. The lowest BCUT2D eigenvalue weighted by atomic mass is 10.3. The number of benzene rings is 1. The molecule has 0 fully saturated rings. The van der Waals surface area contributed by atoms with Crippen molar-refractivity contribution >= 4 is 0 Å². The molecule has 4 heteroatoms. The summed E-state index contributed by atoms with van der Waals surface area (Å²) >= 11 is 0. The second-order valence-electron chi connectivity index (χ2n) is 3.30. The Bertz CT molecular complexity index is 288. The molecule has 0 saturated heterocycles. The first-order valence-electron chi connectivity index (χ1n) is 5.31. The molecular formula is C12H18O4. The van der Waals surface area contributed by atoms with Crippen LogP contribution < -0.4 is 4.74 Å². The van der Waals surface area contributed by atoms with Crippen LogP contribution in [0.2, 0.25) is 0 Å². The van der Waals surface area contributed by atoms with Gasteiger partial charge < -0.3 is 19.3 Å². The molecule has 90 valence electrons. The van der Waals surface area contributed by atoms with Gasteiger partial charge in [0.25, 0.3) is 0 Å². The third-order valence-corrected chi connectivity index (χ3v) is 1.95. The van der Waals surface area contributed by atoms with Gasteiger partial charge in [0.15, 0.2) is 0 Å². The number of aromatic hydroxyl groups is 1. The predicted octanol–water partition coefficient (Wildman–Crippen LogP) is 1.82. The third-order valence-electron chi connectivity index (χ3n) is 1.95. The molecule has 0 bridgehead atoms. The molecule has 1 N–H and O–H groups in total. The highest BCUT2D eigenvalue weighted by atomic mass is 16.5. The second-order valence-corrected chi connectivity index (χ2v) is 3.30. The van der Waals surface area contributed by atoms with Crippen molar-refractivity contribution in [3.05, 3.63) is 24.3 Å². The molecule has 1 aromatic rings. The van der Waals surface area contributed by atoms with Crippen LogP contribution in [0.5, 0.6) is 11.5 Å². The second kappa shape index (κ2) is 7.96. The van der Waals surface area contributed by atoms with E-state index in [1.54, 1.807) is 31.4 Å². The van der Waals surface area contributed by atoms with Crippen molar-refractivity contribution < 1.29 is 19.3 Å². The van der Waals surface area contributed by atoms with Crippen LogP contribution in [-0.2, 0) is 9.47 Å². The third kappa shape index (κ3) is 5.58. The van der Waals surface area contributed by atoms with E-state index in [0.717, 1.165) is 6.42 Å². The predicted molar refractivity (Wildman–Crippen MR) is 60.9 cm³/mol. The summed E-state index contributed by atoms with van der Waals surface area (Å²) in [6, 6.07) is 6.72. The summed E-state index contributed by atoms with van der Waals surface area (Å²) in [5.74, 6) is 0.860. The van der Waals surface area contributed by atoms with Gasteiger partial charge in [-0.1, -0.05) is 6.07 Å². The van der Waals surface area contributed by atoms with E-state index in [9.17, 15) is 5.11 Å². The molecule has 0 aliphatic heterocycles. The van der Waals surface area contributed by atoms with E-state index in [4.69, 9.17) is 14.2 Å². The van der Waals surface area contributed by atoms with Crippen LogP contribution in [0.4, 0.5) is 0 Å². The van der Waals surface area contributed by atoms with Crippen LogP contribution in [0.15, 0.2) is 24.3 Å². The van der Waals surface area contributed by atoms with Crippen LogP contribution in [0.25, 0.3) is 0 Å². The first-order chi connectivity index (χ1) is 7.83. The Morgan fingerprint density at radius 2 is 2.00 bits per heavy atom. The van der Waals surface area contributed by atoms with Crippen molar-refractivity contribution in [2.24, 2.45) is 0 Å². The summed E-state index contributed by atoms with van der Waals surface area (Å²) < 4.78 is 15.6. The van der Waals surface area contributed by atoms with Gasteiger partial charge in [-0.05, 0) is 18.6 Å². The van der Waals surface area contributed by atoms with E-state index >= 15 is 0 Å². The van der Waals surface area contributed by atoms with Gasteiger partial charge in [-0.25, -0.2) is 0 Å². The summed E-state index contributed by atoms with van der Waals surface area (Å²) in [6.45, 7) is 2.42. The van der Waals surface area contributed by atoms with E-state index in [-0.39, 0.29) is 5.75 Å². The molecule has 0 aliphatic rings. The fourth-order valence-corrected chi connectivity index (χ4v) is 1.20. The van der Waals surface area contributed by atoms with E-state index in [0.29, 0.717) is 32.2 Å². The molecule has 0 unspecified atom stereocenters. The van der Waals surface area contributed by atoms with Crippen molar-refractivity contribution in [1.29, 1.82) is 0 Å². The average molecular weight is 226 g/mol. The molecule has 4 nitrogen and oxygen atoms in total. The SMILES string of the molecule is COCCCOCCOc1cccc(O)c1. The Labute approximate surface area is 95.8 Å². The summed E-state index contributed by atoms with van der Waals surface area (Å²) in [5.41, 5.74) is 0. The van der Waals surface area contributed by atoms with E-state index < -0.39 is 0 Å². The molecule has 0 aromatic heterocycles. The fraction of sp³-hybridized carbons (Fsp3) is 0.500. The molecule has 1 aromatic carbocycles. The molecule has 0 aliphatic carbocycles. The maximum absolute atomic E-state index is 9.19. The molecule has 0 atom stereocenters. The Hall–Kier alpha value is -1.26. The van der Waals surface area contributed by atoms with Crippen LogP contribution in [0.3, 0.4) is 0 Å². The molecule has 0 radical (unpaired) electrons. The zero-order valence-corrected chi connectivity index (χ0v) is 9.52. The highest BCUT2D eigenvalue weighted by Gasteiger charge is 1.95. The highest BCUT2D eigenvalue weighted by molar-refractivity contribution is 5.31. The molecule has 0 spiro atoms. The number of hydrogen-bond donors (Lipinski definition) is 1. The summed E-state index contributed by atoms with van der Waals surface area (Å²) in [6.07, 6.45) is 0.891. The first-order valence-corrected chi connectivity index (χ1v) is 5.31. The number of phenols is 1. The number of rotatable bonds is 8. The fourth-order valence-electron chi connectivity index (χ4n) is 1.20. The lowest BCUT2D eigenvalue weighted by Crippen LogP contribution is -2.08. The Balaban J connectivity index is 2.03. The van der Waals surface area contributed by atoms with Crippen molar-refractivity contribution in [3.8, 4) is 11.5 Å². The van der Waals surface area contributed by atoms with E-state index in [1.165, 1.54) is 0 Å². The maximum atomic E-state index is 9.19. The van der Waals surface area contributed by atoms with Gasteiger partial charge >= 0.3 is 0 Å². The number of phenolic OH excluding ortho intramolecular Hbond substituents is 1. The van der Waals surface area contributed by atoms with Gasteiger partial charge in [-0.3, -0.25) is 0 Å². The van der Waals surface area contributed by atoms with Crippen molar-refractivity contribution in [2.45, 2.75) is 6.42 Å². The lowest BCUT2D eigenvalue weighted by Gasteiger charge is -2.07. The van der Waals surface area contributed by atoms with Crippen molar-refractivity contribution in [3.63, 3.8) is 0 Å². The quantitative estimate of drug-likeness (QED) is 0.687. The van der Waals surface area contributed by atoms with Gasteiger partial charge in [0, 0.05) is 26.4 Å². The summed E-state index contributed by atoms with van der Waals surface area (Å²) in [7, 11) is 1.67. The molecule has 0 amide bonds. The smallest absolute Gasteiger partial charge is 0.123 e. The zero-order chi connectivity index (χ0) is 11.6. The number of methoxy groups -OCH3 is 1. The topological polar surface area (TPSA) is 47.9 Å². The molecule has 0 heterocycles. The average Bonchev–Trinajstić information content (AvgIpc) is 2.28. The van der Waals surface area contributed by atoms with Gasteiger partial charge in [-0.15, -0.1) is 0 Å². The number of ether oxygens (including phenoxy) is 3. The van der Waals surface area contributed by atoms with E-state index in [2.05, 4.69) is 0 Å². The molecule has 1 rings (SSSR count). The summed E-state index contributed by atoms with van der Waals surface area (Å²) in [4.78, 5) is 0. The van der Waals surface area contributed by atoms with Gasteiger partial charge in [0.2, 0.25) is 0 Å². The maximum Gasteiger partial charge on any atom is 0.123 e. The molecular weight excluding hydrogens is 208 g/mol. The largest absolute Gasteiger partial charge is 0.508 e. The van der Waals surface area contributed by atoms with Crippen molar-refractivity contribution in [1.82, 2.24) is 0 Å². The Morgan fingerprint density at radius 1 is 1.12 bits per heavy atom. The number of hydrogen-bond acceptors (Lipinski definition) is 4. The van der Waals surface area contributed by atoms with Crippen LogP contribution in [0, 0.1) is 0 Å². The van der Waals surface area contributed by atoms with Crippen molar-refractivity contribution in [2.75, 3.05) is 33.5 Å². The minimum absolute atomic E-state index is 0.207. The van der Waals surface area contributed by atoms with Gasteiger partial charge in [-0.2, -0.15) is 0 Å². The summed E-state index contributed by atoms with van der Waals surface area (Å²) in [5, 5.41) is 9.19. The normalized spacial score (nSPS) is 10.3. The van der Waals surface area contributed by atoms with Crippen LogP contribution >= 0.6 is 0 Å². The monoisotopic (exact) mass is 226 g/mol. The Morgan fingerprint density at radius 3 is 2.75 bits per heavy atom. The molecule has 0 saturated carbocycles. The van der Waals surface area contributed by atoms with Gasteiger partial charge in [0.05, 0.1) is 6.61 Å². The minimum Gasteiger partial charge on any atom is -0.508 e. The van der Waals surface area contributed by atoms with E-state index in [1.807, 2.05) is 0 Å².